The molecule has 0 fully saturated rings. The van der Waals surface area contributed by atoms with Gasteiger partial charge in [-0.2, -0.15) is 0 Å². The van der Waals surface area contributed by atoms with E-state index in [1.165, 1.54) is 0 Å². The Labute approximate surface area is 124 Å². The Balaban J connectivity index is 1.90. The zero-order valence-electron chi connectivity index (χ0n) is 12.0. The summed E-state index contributed by atoms with van der Waals surface area (Å²) in [6, 6.07) is 13.0. The average molecular weight is 285 g/mol. The van der Waals surface area contributed by atoms with Crippen LogP contribution in [0.3, 0.4) is 0 Å². The standard InChI is InChI=1S/C16H19N3O2/c1-17-10-8-16(20)19-13-6-4-7-15(11-13)21-12-14-5-2-3-9-18-14/h2-7,9,11,17H,8,10,12H2,1H3,(H,19,20). The first kappa shape index (κ1) is 15.0. The largest absolute Gasteiger partial charge is 0.487 e. The van der Waals surface area contributed by atoms with Gasteiger partial charge in [0, 0.05) is 30.9 Å². The van der Waals surface area contributed by atoms with Crippen LogP contribution < -0.4 is 15.4 Å². The molecule has 0 radical (unpaired) electrons. The molecule has 2 rings (SSSR count). The fourth-order valence-electron chi connectivity index (χ4n) is 1.77. The summed E-state index contributed by atoms with van der Waals surface area (Å²) in [4.78, 5) is 15.9. The molecule has 0 atom stereocenters. The maximum absolute atomic E-state index is 11.7. The van der Waals surface area contributed by atoms with Crippen molar-refractivity contribution in [1.82, 2.24) is 10.3 Å². The number of carbonyl (C=O) groups excluding carboxylic acids is 1. The van der Waals surface area contributed by atoms with Crippen molar-refractivity contribution in [1.29, 1.82) is 0 Å². The molecule has 0 saturated carbocycles. The molecule has 0 bridgehead atoms. The van der Waals surface area contributed by atoms with E-state index in [4.69, 9.17) is 4.74 Å². The smallest absolute Gasteiger partial charge is 0.225 e. The van der Waals surface area contributed by atoms with Crippen LogP contribution in [0.15, 0.2) is 48.7 Å². The molecule has 5 heteroatoms. The quantitative estimate of drug-likeness (QED) is 0.818. The van der Waals surface area contributed by atoms with Crippen molar-refractivity contribution in [2.75, 3.05) is 18.9 Å². The zero-order valence-corrected chi connectivity index (χ0v) is 12.0. The van der Waals surface area contributed by atoms with E-state index >= 15 is 0 Å². The lowest BCUT2D eigenvalue weighted by molar-refractivity contribution is -0.116. The molecular formula is C16H19N3O2. The normalized spacial score (nSPS) is 10.1. The Morgan fingerprint density at radius 2 is 2.14 bits per heavy atom. The van der Waals surface area contributed by atoms with Gasteiger partial charge < -0.3 is 15.4 Å². The van der Waals surface area contributed by atoms with Crippen molar-refractivity contribution >= 4 is 11.6 Å². The van der Waals surface area contributed by atoms with Crippen LogP contribution in [-0.4, -0.2) is 24.5 Å². The van der Waals surface area contributed by atoms with E-state index in [2.05, 4.69) is 15.6 Å². The van der Waals surface area contributed by atoms with E-state index in [0.717, 1.165) is 11.4 Å². The number of rotatable bonds is 7. The van der Waals surface area contributed by atoms with Gasteiger partial charge in [-0.25, -0.2) is 0 Å². The number of nitrogens with one attached hydrogen (secondary N) is 2. The van der Waals surface area contributed by atoms with Gasteiger partial charge in [-0.3, -0.25) is 9.78 Å². The highest BCUT2D eigenvalue weighted by atomic mass is 16.5. The summed E-state index contributed by atoms with van der Waals surface area (Å²) in [5.74, 6) is 0.679. The summed E-state index contributed by atoms with van der Waals surface area (Å²) in [7, 11) is 1.82. The molecule has 0 saturated heterocycles. The molecule has 21 heavy (non-hydrogen) atoms. The summed E-state index contributed by atoms with van der Waals surface area (Å²) in [5, 5.41) is 5.78. The summed E-state index contributed by atoms with van der Waals surface area (Å²) < 4.78 is 5.67. The molecule has 1 amide bonds. The molecule has 2 aromatic rings. The molecule has 5 nitrogen and oxygen atoms in total. The number of nitrogens with zero attached hydrogens (tertiary/aromatic N) is 1. The van der Waals surface area contributed by atoms with Crippen molar-refractivity contribution in [2.45, 2.75) is 13.0 Å². The maximum Gasteiger partial charge on any atom is 0.225 e. The highest BCUT2D eigenvalue weighted by Crippen LogP contribution is 2.18. The van der Waals surface area contributed by atoms with Gasteiger partial charge in [-0.05, 0) is 31.3 Å². The molecule has 110 valence electrons. The van der Waals surface area contributed by atoms with Crippen molar-refractivity contribution in [3.8, 4) is 5.75 Å². The number of benzene rings is 1. The van der Waals surface area contributed by atoms with Crippen LogP contribution in [0.2, 0.25) is 0 Å². The minimum absolute atomic E-state index is 0.0220. The SMILES string of the molecule is CNCCC(=O)Nc1cccc(OCc2ccccn2)c1. The van der Waals surface area contributed by atoms with Crippen LogP contribution >= 0.6 is 0 Å². The molecule has 0 spiro atoms. The highest BCUT2D eigenvalue weighted by Gasteiger charge is 2.03. The number of aromatic nitrogens is 1. The van der Waals surface area contributed by atoms with Crippen LogP contribution in [0.25, 0.3) is 0 Å². The summed E-state index contributed by atoms with van der Waals surface area (Å²) >= 11 is 0. The molecule has 0 unspecified atom stereocenters. The maximum atomic E-state index is 11.7. The first-order chi connectivity index (χ1) is 10.3. The number of anilines is 1. The Hall–Kier alpha value is -2.40. The highest BCUT2D eigenvalue weighted by molar-refractivity contribution is 5.90. The first-order valence-corrected chi connectivity index (χ1v) is 6.85. The third kappa shape index (κ3) is 5.24. The lowest BCUT2D eigenvalue weighted by Crippen LogP contribution is -2.18. The topological polar surface area (TPSA) is 63.2 Å². The van der Waals surface area contributed by atoms with E-state index < -0.39 is 0 Å². The van der Waals surface area contributed by atoms with Crippen LogP contribution in [0.1, 0.15) is 12.1 Å². The van der Waals surface area contributed by atoms with E-state index in [0.29, 0.717) is 25.3 Å². The molecular weight excluding hydrogens is 266 g/mol. The van der Waals surface area contributed by atoms with Gasteiger partial charge in [-0.15, -0.1) is 0 Å². The fourth-order valence-corrected chi connectivity index (χ4v) is 1.77. The summed E-state index contributed by atoms with van der Waals surface area (Å²) in [5.41, 5.74) is 1.59. The van der Waals surface area contributed by atoms with Gasteiger partial charge in [0.05, 0.1) is 5.69 Å². The van der Waals surface area contributed by atoms with E-state index in [-0.39, 0.29) is 5.91 Å². The number of pyridine rings is 1. The van der Waals surface area contributed by atoms with Crippen molar-refractivity contribution in [2.24, 2.45) is 0 Å². The molecule has 2 N–H and O–H groups in total. The molecule has 1 heterocycles. The average Bonchev–Trinajstić information content (AvgIpc) is 2.52. The van der Waals surface area contributed by atoms with Gasteiger partial charge in [-0.1, -0.05) is 12.1 Å². The number of hydrogen-bond acceptors (Lipinski definition) is 4. The van der Waals surface area contributed by atoms with Crippen LogP contribution in [0.4, 0.5) is 5.69 Å². The minimum Gasteiger partial charge on any atom is -0.487 e. The van der Waals surface area contributed by atoms with Crippen molar-refractivity contribution < 1.29 is 9.53 Å². The number of carbonyl (C=O) groups is 1. The molecule has 0 aliphatic heterocycles. The summed E-state index contributed by atoms with van der Waals surface area (Å²) in [6.45, 7) is 1.06. The van der Waals surface area contributed by atoms with E-state index in [1.807, 2.05) is 43.4 Å². The van der Waals surface area contributed by atoms with Gasteiger partial charge in [0.25, 0.3) is 0 Å². The van der Waals surface area contributed by atoms with E-state index in [9.17, 15) is 4.79 Å². The Morgan fingerprint density at radius 1 is 1.24 bits per heavy atom. The number of ether oxygens (including phenoxy) is 1. The monoisotopic (exact) mass is 285 g/mol. The second-order valence-corrected chi connectivity index (χ2v) is 4.54. The molecule has 0 aliphatic rings. The Bertz CT molecular complexity index is 573. The summed E-state index contributed by atoms with van der Waals surface area (Å²) in [6.07, 6.45) is 2.17. The zero-order chi connectivity index (χ0) is 14.9. The molecule has 1 aromatic heterocycles. The predicted octanol–water partition coefficient (Wildman–Crippen LogP) is 2.21. The number of amides is 1. The van der Waals surface area contributed by atoms with Gasteiger partial charge in [0.15, 0.2) is 0 Å². The third-order valence-electron chi connectivity index (χ3n) is 2.83. The molecule has 1 aromatic carbocycles. The number of hydrogen-bond donors (Lipinski definition) is 2. The van der Waals surface area contributed by atoms with Crippen LogP contribution in [0.5, 0.6) is 5.75 Å². The van der Waals surface area contributed by atoms with Crippen LogP contribution in [0, 0.1) is 0 Å². The van der Waals surface area contributed by atoms with Crippen molar-refractivity contribution in [3.05, 3.63) is 54.4 Å². The fraction of sp³-hybridized carbons (Fsp3) is 0.250. The van der Waals surface area contributed by atoms with E-state index in [1.54, 1.807) is 12.3 Å². The third-order valence-corrected chi connectivity index (χ3v) is 2.83. The molecule has 0 aliphatic carbocycles. The van der Waals surface area contributed by atoms with Crippen LogP contribution in [-0.2, 0) is 11.4 Å². The Morgan fingerprint density at radius 3 is 2.90 bits per heavy atom. The lowest BCUT2D eigenvalue weighted by Gasteiger charge is -2.09. The predicted molar refractivity (Wildman–Crippen MR) is 82.2 cm³/mol. The van der Waals surface area contributed by atoms with Gasteiger partial charge in [0.1, 0.15) is 12.4 Å². The van der Waals surface area contributed by atoms with Gasteiger partial charge >= 0.3 is 0 Å². The Kier molecular flexibility index (Phi) is 5.72. The van der Waals surface area contributed by atoms with Crippen molar-refractivity contribution in [3.63, 3.8) is 0 Å². The second kappa shape index (κ2) is 8.01. The minimum atomic E-state index is -0.0220. The van der Waals surface area contributed by atoms with Gasteiger partial charge in [0.2, 0.25) is 5.91 Å². The first-order valence-electron chi connectivity index (χ1n) is 6.85. The lowest BCUT2D eigenvalue weighted by atomic mass is 10.3. The second-order valence-electron chi connectivity index (χ2n) is 4.54.